The molecule has 4 nitrogen and oxygen atoms in total. The third kappa shape index (κ3) is 2.93. The summed E-state index contributed by atoms with van der Waals surface area (Å²) in [4.78, 5) is 19.2. The largest absolute Gasteiger partial charge is 0.444 e. The zero-order valence-electron chi connectivity index (χ0n) is 12.4. The van der Waals surface area contributed by atoms with Crippen molar-refractivity contribution in [1.82, 2.24) is 9.88 Å². The van der Waals surface area contributed by atoms with Crippen LogP contribution in [0.2, 0.25) is 0 Å². The number of amides is 1. The zero-order chi connectivity index (χ0) is 15.8. The molecule has 6 heteroatoms. The van der Waals surface area contributed by atoms with E-state index in [9.17, 15) is 4.79 Å². The number of piperidine rings is 1. The van der Waals surface area contributed by atoms with Gasteiger partial charge in [-0.2, -0.15) is 0 Å². The van der Waals surface area contributed by atoms with E-state index in [0.717, 1.165) is 29.9 Å². The van der Waals surface area contributed by atoms with Gasteiger partial charge in [0.25, 0.3) is 5.91 Å². The van der Waals surface area contributed by atoms with Crippen LogP contribution in [-0.2, 0) is 0 Å². The van der Waals surface area contributed by atoms with Gasteiger partial charge in [0, 0.05) is 19.0 Å². The molecule has 1 fully saturated rings. The summed E-state index contributed by atoms with van der Waals surface area (Å²) >= 11 is 4.98. The molecule has 4 rings (SSSR count). The highest BCUT2D eigenvalue weighted by Crippen LogP contribution is 2.33. The molecule has 0 spiro atoms. The third-order valence-corrected chi connectivity index (χ3v) is 5.78. The first-order valence-corrected chi connectivity index (χ1v) is 9.22. The van der Waals surface area contributed by atoms with Crippen LogP contribution in [0.25, 0.3) is 10.2 Å². The third-order valence-electron chi connectivity index (χ3n) is 4.15. The number of para-hydroxylation sites is 1. The fourth-order valence-electron chi connectivity index (χ4n) is 3.01. The van der Waals surface area contributed by atoms with Gasteiger partial charge in [-0.15, -0.1) is 11.3 Å². The number of rotatable bonds is 2. The van der Waals surface area contributed by atoms with Crippen molar-refractivity contribution in [2.45, 2.75) is 18.8 Å². The van der Waals surface area contributed by atoms with Crippen molar-refractivity contribution in [3.63, 3.8) is 0 Å². The van der Waals surface area contributed by atoms with Crippen molar-refractivity contribution in [1.29, 1.82) is 0 Å². The maximum Gasteiger partial charge on any atom is 0.289 e. The molecule has 1 aromatic carbocycles. The molecule has 0 saturated carbocycles. The lowest BCUT2D eigenvalue weighted by Crippen LogP contribution is -2.38. The standard InChI is InChI=1S/C17H15BrN2O2S/c18-15-8-7-13(22-15)17(21)20-9-3-4-11(10-20)16-19-12-5-1-2-6-14(12)23-16/h1-2,5-8,11H,3-4,9-10H2/t11-/m0/s1. The van der Waals surface area contributed by atoms with Crippen molar-refractivity contribution in [2.24, 2.45) is 0 Å². The van der Waals surface area contributed by atoms with Crippen LogP contribution >= 0.6 is 27.3 Å². The Labute approximate surface area is 146 Å². The van der Waals surface area contributed by atoms with E-state index in [1.54, 1.807) is 23.5 Å². The molecule has 0 unspecified atom stereocenters. The van der Waals surface area contributed by atoms with Crippen LogP contribution < -0.4 is 0 Å². The Morgan fingerprint density at radius 3 is 2.96 bits per heavy atom. The number of aromatic nitrogens is 1. The number of hydrogen-bond donors (Lipinski definition) is 0. The molecule has 118 valence electrons. The average Bonchev–Trinajstić information content (AvgIpc) is 3.20. The Hall–Kier alpha value is -1.66. The summed E-state index contributed by atoms with van der Waals surface area (Å²) in [6.07, 6.45) is 2.07. The summed E-state index contributed by atoms with van der Waals surface area (Å²) in [5, 5.41) is 1.13. The molecule has 1 atom stereocenters. The molecule has 23 heavy (non-hydrogen) atoms. The molecular formula is C17H15BrN2O2S. The van der Waals surface area contributed by atoms with E-state index >= 15 is 0 Å². The molecule has 2 aromatic heterocycles. The van der Waals surface area contributed by atoms with Crippen molar-refractivity contribution >= 4 is 43.4 Å². The van der Waals surface area contributed by atoms with E-state index in [2.05, 4.69) is 22.0 Å². The van der Waals surface area contributed by atoms with Gasteiger partial charge in [-0.3, -0.25) is 4.79 Å². The normalized spacial score (nSPS) is 18.5. The summed E-state index contributed by atoms with van der Waals surface area (Å²) in [6, 6.07) is 11.7. The molecule has 0 N–H and O–H groups in total. The van der Waals surface area contributed by atoms with Crippen LogP contribution in [0.15, 0.2) is 45.5 Å². The second-order valence-electron chi connectivity index (χ2n) is 5.71. The highest BCUT2D eigenvalue weighted by atomic mass is 79.9. The smallest absolute Gasteiger partial charge is 0.289 e. The number of likely N-dealkylation sites (tertiary alicyclic amines) is 1. The van der Waals surface area contributed by atoms with Gasteiger partial charge in [0.15, 0.2) is 10.4 Å². The number of furan rings is 1. The molecule has 1 saturated heterocycles. The molecular weight excluding hydrogens is 376 g/mol. The fourth-order valence-corrected chi connectivity index (χ4v) is 4.41. The Morgan fingerprint density at radius 2 is 2.17 bits per heavy atom. The van der Waals surface area contributed by atoms with Crippen molar-refractivity contribution in [3.05, 3.63) is 51.8 Å². The molecule has 1 aliphatic rings. The number of carbonyl (C=O) groups excluding carboxylic acids is 1. The monoisotopic (exact) mass is 390 g/mol. The Kier molecular flexibility index (Phi) is 3.95. The summed E-state index contributed by atoms with van der Waals surface area (Å²) in [6.45, 7) is 1.48. The predicted molar refractivity (Wildman–Crippen MR) is 93.9 cm³/mol. The lowest BCUT2D eigenvalue weighted by molar-refractivity contribution is 0.0673. The van der Waals surface area contributed by atoms with Gasteiger partial charge in [0.05, 0.1) is 15.2 Å². The summed E-state index contributed by atoms with van der Waals surface area (Å²) in [5.74, 6) is 0.659. The van der Waals surface area contributed by atoms with Crippen molar-refractivity contribution in [2.75, 3.05) is 13.1 Å². The molecule has 1 amide bonds. The lowest BCUT2D eigenvalue weighted by Gasteiger charge is -2.31. The number of fused-ring (bicyclic) bond motifs is 1. The van der Waals surface area contributed by atoms with Gasteiger partial charge in [-0.05, 0) is 53.0 Å². The quantitative estimate of drug-likeness (QED) is 0.638. The molecule has 0 aliphatic carbocycles. The van der Waals surface area contributed by atoms with E-state index in [1.807, 2.05) is 23.1 Å². The van der Waals surface area contributed by atoms with Crippen molar-refractivity contribution < 1.29 is 9.21 Å². The Morgan fingerprint density at radius 1 is 1.30 bits per heavy atom. The van der Waals surface area contributed by atoms with E-state index in [1.165, 1.54) is 4.70 Å². The maximum absolute atomic E-state index is 12.6. The second kappa shape index (κ2) is 6.09. The first-order chi connectivity index (χ1) is 11.2. The average molecular weight is 391 g/mol. The van der Waals surface area contributed by atoms with Gasteiger partial charge in [0.1, 0.15) is 0 Å². The number of hydrogen-bond acceptors (Lipinski definition) is 4. The Bertz CT molecular complexity index is 824. The summed E-state index contributed by atoms with van der Waals surface area (Å²) < 4.78 is 7.19. The highest BCUT2D eigenvalue weighted by Gasteiger charge is 2.28. The zero-order valence-corrected chi connectivity index (χ0v) is 14.8. The fraction of sp³-hybridized carbons (Fsp3) is 0.294. The number of benzene rings is 1. The van der Waals surface area contributed by atoms with E-state index in [4.69, 9.17) is 9.40 Å². The highest BCUT2D eigenvalue weighted by molar-refractivity contribution is 9.10. The van der Waals surface area contributed by atoms with Gasteiger partial charge in [-0.25, -0.2) is 4.98 Å². The van der Waals surface area contributed by atoms with Gasteiger partial charge >= 0.3 is 0 Å². The number of carbonyl (C=O) groups is 1. The minimum absolute atomic E-state index is 0.0403. The van der Waals surface area contributed by atoms with E-state index < -0.39 is 0 Å². The van der Waals surface area contributed by atoms with Gasteiger partial charge < -0.3 is 9.32 Å². The maximum atomic E-state index is 12.6. The first kappa shape index (κ1) is 14.9. The lowest BCUT2D eigenvalue weighted by atomic mass is 9.98. The van der Waals surface area contributed by atoms with Crippen LogP contribution in [-0.4, -0.2) is 28.9 Å². The van der Waals surface area contributed by atoms with E-state index in [0.29, 0.717) is 22.9 Å². The van der Waals surface area contributed by atoms with Crippen LogP contribution in [0.3, 0.4) is 0 Å². The summed E-state index contributed by atoms with van der Waals surface area (Å²) in [7, 11) is 0. The van der Waals surface area contributed by atoms with Crippen LogP contribution in [0, 0.1) is 0 Å². The van der Waals surface area contributed by atoms with Crippen LogP contribution in [0.4, 0.5) is 0 Å². The molecule has 3 heterocycles. The second-order valence-corrected chi connectivity index (χ2v) is 7.56. The summed E-state index contributed by atoms with van der Waals surface area (Å²) in [5.41, 5.74) is 1.05. The molecule has 1 aliphatic heterocycles. The van der Waals surface area contributed by atoms with Crippen LogP contribution in [0.1, 0.15) is 34.3 Å². The van der Waals surface area contributed by atoms with Crippen LogP contribution in [0.5, 0.6) is 0 Å². The predicted octanol–water partition coefficient (Wildman–Crippen LogP) is 4.67. The molecule has 3 aromatic rings. The SMILES string of the molecule is O=C(c1ccc(Br)o1)N1CCC[C@H](c2nc3ccccc3s2)C1. The molecule has 0 radical (unpaired) electrons. The van der Waals surface area contributed by atoms with Crippen molar-refractivity contribution in [3.8, 4) is 0 Å². The first-order valence-electron chi connectivity index (χ1n) is 7.61. The minimum Gasteiger partial charge on any atom is -0.444 e. The Balaban J connectivity index is 1.55. The molecule has 0 bridgehead atoms. The van der Waals surface area contributed by atoms with Gasteiger partial charge in [-0.1, -0.05) is 12.1 Å². The number of nitrogens with zero attached hydrogens (tertiary/aromatic N) is 2. The van der Waals surface area contributed by atoms with Gasteiger partial charge in [0.2, 0.25) is 0 Å². The number of thiazole rings is 1. The number of halogens is 1. The topological polar surface area (TPSA) is 46.3 Å². The minimum atomic E-state index is -0.0403. The van der Waals surface area contributed by atoms with E-state index in [-0.39, 0.29) is 5.91 Å².